The molecular formula is C22H32N2O4. The summed E-state index contributed by atoms with van der Waals surface area (Å²) in [5.74, 6) is 1.73. The molecular weight excluding hydrogens is 356 g/mol. The molecule has 3 aliphatic rings. The number of fused-ring (bicyclic) bond motifs is 2. The van der Waals surface area contributed by atoms with Crippen molar-refractivity contribution in [2.75, 3.05) is 26.4 Å². The molecule has 1 aromatic rings. The second kappa shape index (κ2) is 8.29. The third-order valence-corrected chi connectivity index (χ3v) is 6.61. The summed E-state index contributed by atoms with van der Waals surface area (Å²) in [5.41, 5.74) is 0.477. The van der Waals surface area contributed by atoms with Crippen LogP contribution >= 0.6 is 0 Å². The summed E-state index contributed by atoms with van der Waals surface area (Å²) in [6, 6.07) is 6.08. The molecule has 0 radical (unpaired) electrons. The Kier molecular flexibility index (Phi) is 5.78. The Morgan fingerprint density at radius 2 is 2.14 bits per heavy atom. The van der Waals surface area contributed by atoms with E-state index in [1.165, 1.54) is 0 Å². The molecule has 1 amide bonds. The molecule has 6 heteroatoms. The van der Waals surface area contributed by atoms with Gasteiger partial charge in [0.05, 0.1) is 12.1 Å². The van der Waals surface area contributed by atoms with Crippen LogP contribution in [0.5, 0.6) is 11.5 Å². The Morgan fingerprint density at radius 3 is 3.00 bits per heavy atom. The Balaban J connectivity index is 1.58. The Labute approximate surface area is 167 Å². The maximum Gasteiger partial charge on any atom is 0.234 e. The van der Waals surface area contributed by atoms with Crippen LogP contribution in [0.3, 0.4) is 0 Å². The molecule has 0 bridgehead atoms. The number of hydrogen-bond acceptors (Lipinski definition) is 5. The number of nitrogens with zero attached hydrogens (tertiary/aromatic N) is 1. The number of amides is 1. The number of unbranched alkanes of at least 4 members (excludes halogenated alkanes) is 1. The van der Waals surface area contributed by atoms with Crippen molar-refractivity contribution in [1.82, 2.24) is 10.2 Å². The number of carbonyl (C=O) groups is 1. The average Bonchev–Trinajstić information content (AvgIpc) is 3.16. The minimum Gasteiger partial charge on any atom is -0.454 e. The van der Waals surface area contributed by atoms with Gasteiger partial charge >= 0.3 is 0 Å². The van der Waals surface area contributed by atoms with Crippen LogP contribution in [0, 0.1) is 5.92 Å². The normalized spacial score (nSPS) is 29.4. The van der Waals surface area contributed by atoms with Gasteiger partial charge in [-0.2, -0.15) is 0 Å². The molecule has 2 aliphatic heterocycles. The third kappa shape index (κ3) is 3.85. The SMILES string of the molecule is CCCCNC(=O)CN1CC[C@]2(O)CCCC[C@H]2[C@@H]1c1ccc2c(c1)OCO2. The van der Waals surface area contributed by atoms with Crippen molar-refractivity contribution >= 4 is 5.91 Å². The van der Waals surface area contributed by atoms with Gasteiger partial charge in [0.2, 0.25) is 12.7 Å². The van der Waals surface area contributed by atoms with Crippen LogP contribution in [0.4, 0.5) is 0 Å². The largest absolute Gasteiger partial charge is 0.454 e. The molecule has 2 heterocycles. The summed E-state index contributed by atoms with van der Waals surface area (Å²) in [6.07, 6.45) is 6.86. The monoisotopic (exact) mass is 388 g/mol. The van der Waals surface area contributed by atoms with Gasteiger partial charge in [-0.3, -0.25) is 9.69 Å². The number of likely N-dealkylation sites (tertiary alicyclic amines) is 1. The van der Waals surface area contributed by atoms with Gasteiger partial charge in [0, 0.05) is 25.0 Å². The van der Waals surface area contributed by atoms with E-state index in [0.29, 0.717) is 6.54 Å². The smallest absolute Gasteiger partial charge is 0.234 e. The predicted molar refractivity (Wildman–Crippen MR) is 106 cm³/mol. The minimum atomic E-state index is -0.630. The molecule has 2 fully saturated rings. The van der Waals surface area contributed by atoms with E-state index in [9.17, 15) is 9.90 Å². The number of carbonyl (C=O) groups excluding carboxylic acids is 1. The van der Waals surface area contributed by atoms with E-state index in [2.05, 4.69) is 23.2 Å². The van der Waals surface area contributed by atoms with E-state index >= 15 is 0 Å². The second-order valence-corrected chi connectivity index (χ2v) is 8.44. The fourth-order valence-electron chi connectivity index (χ4n) is 5.10. The highest BCUT2D eigenvalue weighted by molar-refractivity contribution is 5.78. The first kappa shape index (κ1) is 19.5. The molecule has 28 heavy (non-hydrogen) atoms. The summed E-state index contributed by atoms with van der Waals surface area (Å²) in [4.78, 5) is 14.8. The zero-order valence-corrected chi connectivity index (χ0v) is 16.8. The molecule has 1 aromatic carbocycles. The lowest BCUT2D eigenvalue weighted by atomic mass is 9.66. The molecule has 4 rings (SSSR count). The minimum absolute atomic E-state index is 0.0190. The van der Waals surface area contributed by atoms with Gasteiger partial charge in [-0.05, 0) is 43.4 Å². The van der Waals surface area contributed by atoms with Crippen LogP contribution in [-0.4, -0.2) is 47.9 Å². The van der Waals surface area contributed by atoms with Crippen molar-refractivity contribution in [3.63, 3.8) is 0 Å². The van der Waals surface area contributed by atoms with E-state index < -0.39 is 5.60 Å². The van der Waals surface area contributed by atoms with Gasteiger partial charge in [-0.25, -0.2) is 0 Å². The van der Waals surface area contributed by atoms with Gasteiger partial charge in [-0.1, -0.05) is 32.3 Å². The van der Waals surface area contributed by atoms with Crippen LogP contribution < -0.4 is 14.8 Å². The molecule has 6 nitrogen and oxygen atoms in total. The van der Waals surface area contributed by atoms with Crippen molar-refractivity contribution in [3.05, 3.63) is 23.8 Å². The highest BCUT2D eigenvalue weighted by atomic mass is 16.7. The zero-order chi connectivity index (χ0) is 19.6. The van der Waals surface area contributed by atoms with E-state index in [1.54, 1.807) is 0 Å². The van der Waals surface area contributed by atoms with Gasteiger partial charge in [0.25, 0.3) is 0 Å². The van der Waals surface area contributed by atoms with Crippen LogP contribution in [0.25, 0.3) is 0 Å². The Bertz CT molecular complexity index is 710. The second-order valence-electron chi connectivity index (χ2n) is 8.44. The molecule has 0 aromatic heterocycles. The average molecular weight is 389 g/mol. The van der Waals surface area contributed by atoms with Crippen LogP contribution in [-0.2, 0) is 4.79 Å². The van der Waals surface area contributed by atoms with Crippen LogP contribution in [0.1, 0.15) is 63.5 Å². The van der Waals surface area contributed by atoms with Gasteiger partial charge < -0.3 is 19.9 Å². The first-order valence-electron chi connectivity index (χ1n) is 10.7. The van der Waals surface area contributed by atoms with E-state index in [4.69, 9.17) is 9.47 Å². The first-order chi connectivity index (χ1) is 13.6. The number of ether oxygens (including phenoxy) is 2. The molecule has 0 unspecified atom stereocenters. The maximum absolute atomic E-state index is 12.5. The predicted octanol–water partition coefficient (Wildman–Crippen LogP) is 3.00. The van der Waals surface area contributed by atoms with E-state index in [-0.39, 0.29) is 24.7 Å². The van der Waals surface area contributed by atoms with Crippen LogP contribution in [0.2, 0.25) is 0 Å². The number of piperidine rings is 1. The van der Waals surface area contributed by atoms with E-state index in [1.807, 2.05) is 12.1 Å². The molecule has 3 atom stereocenters. The highest BCUT2D eigenvalue weighted by Crippen LogP contribution is 2.50. The fourth-order valence-corrected chi connectivity index (χ4v) is 5.10. The molecule has 154 valence electrons. The summed E-state index contributed by atoms with van der Waals surface area (Å²) in [6.45, 7) is 4.20. The molecule has 1 saturated carbocycles. The van der Waals surface area contributed by atoms with Gasteiger partial charge in [0.15, 0.2) is 11.5 Å². The standard InChI is InChI=1S/C22H32N2O4/c1-2-3-11-23-20(25)14-24-12-10-22(26)9-5-4-6-17(22)21(24)16-7-8-18-19(13-16)28-15-27-18/h7-8,13,17,21,26H,2-6,9-12,14-15H2,1H3,(H,23,25)/t17-,21-,22+/m0/s1. The number of nitrogens with one attached hydrogen (secondary N) is 1. The van der Waals surface area contributed by atoms with Crippen molar-refractivity contribution < 1.29 is 19.4 Å². The van der Waals surface area contributed by atoms with Gasteiger partial charge in [-0.15, -0.1) is 0 Å². The summed E-state index contributed by atoms with van der Waals surface area (Å²) in [7, 11) is 0. The van der Waals surface area contributed by atoms with Crippen molar-refractivity contribution in [2.24, 2.45) is 5.92 Å². The Morgan fingerprint density at radius 1 is 1.29 bits per heavy atom. The highest BCUT2D eigenvalue weighted by Gasteiger charge is 2.49. The zero-order valence-electron chi connectivity index (χ0n) is 16.8. The Hall–Kier alpha value is -1.79. The molecule has 1 aliphatic carbocycles. The van der Waals surface area contributed by atoms with Crippen molar-refractivity contribution in [2.45, 2.75) is 63.5 Å². The maximum atomic E-state index is 12.5. The lowest BCUT2D eigenvalue weighted by molar-refractivity contribution is -0.137. The fraction of sp³-hybridized carbons (Fsp3) is 0.682. The lowest BCUT2D eigenvalue weighted by Gasteiger charge is -2.52. The third-order valence-electron chi connectivity index (χ3n) is 6.61. The van der Waals surface area contributed by atoms with Gasteiger partial charge in [0.1, 0.15) is 0 Å². The molecule has 1 saturated heterocycles. The first-order valence-corrected chi connectivity index (χ1v) is 10.7. The lowest BCUT2D eigenvalue weighted by Crippen LogP contribution is -2.56. The summed E-state index contributed by atoms with van der Waals surface area (Å²) >= 11 is 0. The summed E-state index contributed by atoms with van der Waals surface area (Å²) < 4.78 is 11.1. The number of aliphatic hydroxyl groups is 1. The van der Waals surface area contributed by atoms with Crippen LogP contribution in [0.15, 0.2) is 18.2 Å². The number of benzene rings is 1. The molecule has 0 spiro atoms. The van der Waals surface area contributed by atoms with Crippen molar-refractivity contribution in [1.29, 1.82) is 0 Å². The summed E-state index contributed by atoms with van der Waals surface area (Å²) in [5, 5.41) is 14.4. The van der Waals surface area contributed by atoms with E-state index in [0.717, 1.165) is 75.1 Å². The topological polar surface area (TPSA) is 71.0 Å². The van der Waals surface area contributed by atoms with Crippen molar-refractivity contribution in [3.8, 4) is 11.5 Å². The molecule has 2 N–H and O–H groups in total. The number of hydrogen-bond donors (Lipinski definition) is 2. The number of rotatable bonds is 6. The quantitative estimate of drug-likeness (QED) is 0.733.